The number of hydrogen-bond donors (Lipinski definition) is 0. The van der Waals surface area contributed by atoms with Crippen LogP contribution in [0.3, 0.4) is 0 Å². The number of rotatable bonds is 7. The number of carbonyl (C=O) groups excluding carboxylic acids is 1. The summed E-state index contributed by atoms with van der Waals surface area (Å²) in [6.45, 7) is 0.624. The third kappa shape index (κ3) is 5.11. The molecule has 2 rings (SSSR count). The standard InChI is InChI=1S/C18H21NO2S/c1-19(14-15-8-10-16(21-2)11-9-15)18(20)12-13-22-17-6-4-3-5-7-17/h3-11H,12-14H2,1-2H3. The third-order valence-electron chi connectivity index (χ3n) is 3.33. The van der Waals surface area contributed by atoms with Crippen molar-refractivity contribution in [2.24, 2.45) is 0 Å². The highest BCUT2D eigenvalue weighted by Gasteiger charge is 2.09. The van der Waals surface area contributed by atoms with Crippen molar-refractivity contribution in [3.05, 3.63) is 60.2 Å². The molecule has 0 N–H and O–H groups in total. The lowest BCUT2D eigenvalue weighted by molar-refractivity contribution is -0.129. The van der Waals surface area contributed by atoms with Gasteiger partial charge in [0.2, 0.25) is 5.91 Å². The molecule has 3 nitrogen and oxygen atoms in total. The van der Waals surface area contributed by atoms with Gasteiger partial charge in [-0.2, -0.15) is 0 Å². The zero-order chi connectivity index (χ0) is 15.8. The van der Waals surface area contributed by atoms with Crippen LogP contribution in [0, 0.1) is 0 Å². The van der Waals surface area contributed by atoms with Gasteiger partial charge in [-0.15, -0.1) is 11.8 Å². The van der Waals surface area contributed by atoms with Crippen LogP contribution in [0.4, 0.5) is 0 Å². The van der Waals surface area contributed by atoms with Gasteiger partial charge in [-0.3, -0.25) is 4.79 Å². The number of carbonyl (C=O) groups is 1. The van der Waals surface area contributed by atoms with Crippen molar-refractivity contribution in [3.8, 4) is 5.75 Å². The van der Waals surface area contributed by atoms with Crippen LogP contribution in [-0.4, -0.2) is 30.7 Å². The van der Waals surface area contributed by atoms with E-state index in [1.807, 2.05) is 49.5 Å². The summed E-state index contributed by atoms with van der Waals surface area (Å²) >= 11 is 1.71. The molecule has 0 aromatic heterocycles. The van der Waals surface area contributed by atoms with Crippen molar-refractivity contribution >= 4 is 17.7 Å². The van der Waals surface area contributed by atoms with E-state index in [9.17, 15) is 4.79 Å². The minimum atomic E-state index is 0.166. The SMILES string of the molecule is COc1ccc(CN(C)C(=O)CCSc2ccccc2)cc1. The molecule has 0 unspecified atom stereocenters. The molecule has 0 aliphatic carbocycles. The molecule has 0 saturated carbocycles. The quantitative estimate of drug-likeness (QED) is 0.727. The summed E-state index contributed by atoms with van der Waals surface area (Å²) in [5.41, 5.74) is 1.10. The molecule has 22 heavy (non-hydrogen) atoms. The van der Waals surface area contributed by atoms with E-state index < -0.39 is 0 Å². The van der Waals surface area contributed by atoms with Crippen molar-refractivity contribution in [1.82, 2.24) is 4.90 Å². The normalized spacial score (nSPS) is 10.3. The smallest absolute Gasteiger partial charge is 0.223 e. The van der Waals surface area contributed by atoms with Crippen LogP contribution >= 0.6 is 11.8 Å². The molecule has 116 valence electrons. The second kappa shape index (κ2) is 8.49. The summed E-state index contributed by atoms with van der Waals surface area (Å²) in [7, 11) is 3.49. The molecule has 0 saturated heterocycles. The fourth-order valence-electron chi connectivity index (χ4n) is 2.06. The second-order valence-corrected chi connectivity index (χ2v) is 6.18. The van der Waals surface area contributed by atoms with Crippen molar-refractivity contribution in [2.75, 3.05) is 19.9 Å². The number of methoxy groups -OCH3 is 1. The number of nitrogens with zero attached hydrogens (tertiary/aromatic N) is 1. The van der Waals surface area contributed by atoms with E-state index in [4.69, 9.17) is 4.74 Å². The van der Waals surface area contributed by atoms with Crippen LogP contribution in [0.1, 0.15) is 12.0 Å². The van der Waals surface area contributed by atoms with E-state index in [1.54, 1.807) is 23.8 Å². The van der Waals surface area contributed by atoms with Crippen LogP contribution in [0.25, 0.3) is 0 Å². The Morgan fingerprint density at radius 1 is 1.09 bits per heavy atom. The minimum absolute atomic E-state index is 0.166. The lowest BCUT2D eigenvalue weighted by Gasteiger charge is -2.17. The topological polar surface area (TPSA) is 29.5 Å². The van der Waals surface area contributed by atoms with Gasteiger partial charge >= 0.3 is 0 Å². The van der Waals surface area contributed by atoms with Crippen LogP contribution in [0.5, 0.6) is 5.75 Å². The largest absolute Gasteiger partial charge is 0.497 e. The average Bonchev–Trinajstić information content (AvgIpc) is 2.56. The summed E-state index contributed by atoms with van der Waals surface area (Å²) in [6, 6.07) is 18.0. The number of hydrogen-bond acceptors (Lipinski definition) is 3. The first-order valence-electron chi connectivity index (χ1n) is 7.24. The van der Waals surface area contributed by atoms with Gasteiger partial charge in [-0.25, -0.2) is 0 Å². The molecule has 0 bridgehead atoms. The predicted molar refractivity (Wildman–Crippen MR) is 91.3 cm³/mol. The highest BCUT2D eigenvalue weighted by atomic mass is 32.2. The van der Waals surface area contributed by atoms with Gasteiger partial charge in [0.25, 0.3) is 0 Å². The van der Waals surface area contributed by atoms with E-state index in [2.05, 4.69) is 12.1 Å². The Balaban J connectivity index is 1.76. The molecular weight excluding hydrogens is 294 g/mol. The van der Waals surface area contributed by atoms with Crippen molar-refractivity contribution < 1.29 is 9.53 Å². The van der Waals surface area contributed by atoms with Gasteiger partial charge in [-0.05, 0) is 29.8 Å². The molecule has 0 radical (unpaired) electrons. The predicted octanol–water partition coefficient (Wildman–Crippen LogP) is 3.84. The van der Waals surface area contributed by atoms with Crippen molar-refractivity contribution in [3.63, 3.8) is 0 Å². The Kier molecular flexibility index (Phi) is 6.34. The highest BCUT2D eigenvalue weighted by molar-refractivity contribution is 7.99. The Hall–Kier alpha value is -1.94. The van der Waals surface area contributed by atoms with Crippen LogP contribution in [-0.2, 0) is 11.3 Å². The van der Waals surface area contributed by atoms with E-state index in [0.29, 0.717) is 13.0 Å². The van der Waals surface area contributed by atoms with Gasteiger partial charge in [0, 0.05) is 30.7 Å². The number of benzene rings is 2. The summed E-state index contributed by atoms with van der Waals surface area (Å²) in [6.07, 6.45) is 0.548. The first-order chi connectivity index (χ1) is 10.7. The Labute approximate surface area is 136 Å². The number of thioether (sulfide) groups is 1. The zero-order valence-electron chi connectivity index (χ0n) is 13.0. The number of amides is 1. The average molecular weight is 315 g/mol. The Morgan fingerprint density at radius 2 is 1.77 bits per heavy atom. The molecule has 4 heteroatoms. The lowest BCUT2D eigenvalue weighted by Crippen LogP contribution is -2.26. The lowest BCUT2D eigenvalue weighted by atomic mass is 10.2. The van der Waals surface area contributed by atoms with Gasteiger partial charge in [-0.1, -0.05) is 30.3 Å². The Bertz CT molecular complexity index is 584. The molecule has 2 aromatic carbocycles. The molecule has 1 amide bonds. The molecule has 0 aliphatic heterocycles. The first-order valence-corrected chi connectivity index (χ1v) is 8.22. The molecule has 2 aromatic rings. The molecule has 0 spiro atoms. The van der Waals surface area contributed by atoms with Gasteiger partial charge in [0.15, 0.2) is 0 Å². The summed E-state index contributed by atoms with van der Waals surface area (Å²) < 4.78 is 5.13. The fraction of sp³-hybridized carbons (Fsp3) is 0.278. The van der Waals surface area contributed by atoms with Gasteiger partial charge in [0.1, 0.15) is 5.75 Å². The maximum absolute atomic E-state index is 12.1. The summed E-state index contributed by atoms with van der Waals surface area (Å²) in [5, 5.41) is 0. The zero-order valence-corrected chi connectivity index (χ0v) is 13.8. The van der Waals surface area contributed by atoms with E-state index >= 15 is 0 Å². The fourth-order valence-corrected chi connectivity index (χ4v) is 2.92. The summed E-state index contributed by atoms with van der Waals surface area (Å²) in [5.74, 6) is 1.80. The van der Waals surface area contributed by atoms with Crippen molar-refractivity contribution in [2.45, 2.75) is 17.9 Å². The first kappa shape index (κ1) is 16.4. The van der Waals surface area contributed by atoms with E-state index in [1.165, 1.54) is 4.90 Å². The Morgan fingerprint density at radius 3 is 2.41 bits per heavy atom. The highest BCUT2D eigenvalue weighted by Crippen LogP contribution is 2.18. The second-order valence-electron chi connectivity index (χ2n) is 5.01. The van der Waals surface area contributed by atoms with Crippen molar-refractivity contribution in [1.29, 1.82) is 0 Å². The monoisotopic (exact) mass is 315 g/mol. The molecule has 0 aliphatic rings. The molecule has 0 atom stereocenters. The maximum atomic E-state index is 12.1. The molecule has 0 heterocycles. The van der Waals surface area contributed by atoms with E-state index in [0.717, 1.165) is 17.1 Å². The maximum Gasteiger partial charge on any atom is 0.223 e. The third-order valence-corrected chi connectivity index (χ3v) is 4.35. The number of ether oxygens (including phenoxy) is 1. The van der Waals surface area contributed by atoms with Gasteiger partial charge in [0.05, 0.1) is 7.11 Å². The molecular formula is C18H21NO2S. The van der Waals surface area contributed by atoms with Gasteiger partial charge < -0.3 is 9.64 Å². The van der Waals surface area contributed by atoms with Crippen LogP contribution in [0.2, 0.25) is 0 Å². The minimum Gasteiger partial charge on any atom is -0.497 e. The van der Waals surface area contributed by atoms with Crippen LogP contribution < -0.4 is 4.74 Å². The van der Waals surface area contributed by atoms with Crippen LogP contribution in [0.15, 0.2) is 59.5 Å². The molecule has 0 fully saturated rings. The van der Waals surface area contributed by atoms with E-state index in [-0.39, 0.29) is 5.91 Å². The summed E-state index contributed by atoms with van der Waals surface area (Å²) in [4.78, 5) is 15.1.